The maximum absolute atomic E-state index is 5.95. The van der Waals surface area contributed by atoms with Crippen molar-refractivity contribution in [1.82, 2.24) is 4.98 Å². The summed E-state index contributed by atoms with van der Waals surface area (Å²) in [6.45, 7) is 1.04. The molecule has 0 spiro atoms. The van der Waals surface area contributed by atoms with Crippen LogP contribution >= 0.6 is 11.3 Å². The van der Waals surface area contributed by atoms with Crippen molar-refractivity contribution in [3.8, 4) is 16.3 Å². The van der Waals surface area contributed by atoms with Crippen LogP contribution in [0.4, 0.5) is 10.7 Å². The second kappa shape index (κ2) is 5.09. The van der Waals surface area contributed by atoms with Gasteiger partial charge in [0.2, 0.25) is 0 Å². The third-order valence-electron chi connectivity index (χ3n) is 3.30. The predicted molar refractivity (Wildman–Crippen MR) is 79.9 cm³/mol. The third kappa shape index (κ3) is 2.38. The summed E-state index contributed by atoms with van der Waals surface area (Å²) >= 11 is 1.71. The van der Waals surface area contributed by atoms with Crippen molar-refractivity contribution in [2.75, 3.05) is 24.7 Å². The second-order valence-corrected chi connectivity index (χ2v) is 5.63. The topological polar surface area (TPSA) is 60.2 Å². The number of benzene rings is 1. The Morgan fingerprint density at radius 1 is 1.37 bits per heavy atom. The average Bonchev–Trinajstić information content (AvgIpc) is 2.70. The van der Waals surface area contributed by atoms with Gasteiger partial charge in [0.05, 0.1) is 18.5 Å². The Kier molecular flexibility index (Phi) is 3.29. The van der Waals surface area contributed by atoms with Crippen molar-refractivity contribution in [2.45, 2.75) is 19.3 Å². The average molecular weight is 275 g/mol. The number of methoxy groups -OCH3 is 1. The largest absolute Gasteiger partial charge is 0.495 e. The van der Waals surface area contributed by atoms with Crippen molar-refractivity contribution >= 4 is 22.0 Å². The van der Waals surface area contributed by atoms with E-state index in [0.717, 1.165) is 23.5 Å². The van der Waals surface area contributed by atoms with Gasteiger partial charge in [-0.1, -0.05) is 11.3 Å². The van der Waals surface area contributed by atoms with Crippen LogP contribution in [0.25, 0.3) is 10.6 Å². The molecule has 1 aliphatic heterocycles. The summed E-state index contributed by atoms with van der Waals surface area (Å²) < 4.78 is 5.18. The molecule has 0 amide bonds. The zero-order valence-electron chi connectivity index (χ0n) is 10.9. The lowest BCUT2D eigenvalue weighted by molar-refractivity contribution is 0.417. The molecule has 0 unspecified atom stereocenters. The van der Waals surface area contributed by atoms with Gasteiger partial charge in [-0.2, -0.15) is 0 Å². The van der Waals surface area contributed by atoms with E-state index in [9.17, 15) is 0 Å². The summed E-state index contributed by atoms with van der Waals surface area (Å²) in [6, 6.07) is 5.83. The minimum absolute atomic E-state index is 0.651. The van der Waals surface area contributed by atoms with Crippen LogP contribution in [0, 0.1) is 0 Å². The Labute approximate surface area is 116 Å². The highest BCUT2D eigenvalue weighted by Gasteiger charge is 2.15. The number of aryl methyl sites for hydroxylation is 1. The molecule has 100 valence electrons. The minimum atomic E-state index is 0.651. The number of hydrogen-bond acceptors (Lipinski definition) is 5. The van der Waals surface area contributed by atoms with Crippen LogP contribution in [0.5, 0.6) is 5.75 Å². The van der Waals surface area contributed by atoms with Crippen molar-refractivity contribution in [3.05, 3.63) is 23.9 Å². The minimum Gasteiger partial charge on any atom is -0.495 e. The van der Waals surface area contributed by atoms with Gasteiger partial charge in [0.1, 0.15) is 15.8 Å². The Morgan fingerprint density at radius 2 is 2.26 bits per heavy atom. The quantitative estimate of drug-likeness (QED) is 0.827. The zero-order chi connectivity index (χ0) is 13.2. The van der Waals surface area contributed by atoms with Crippen LogP contribution in [0.3, 0.4) is 0 Å². The van der Waals surface area contributed by atoms with Gasteiger partial charge in [0, 0.05) is 12.1 Å². The van der Waals surface area contributed by atoms with Crippen molar-refractivity contribution in [1.29, 1.82) is 0 Å². The van der Waals surface area contributed by atoms with Crippen molar-refractivity contribution in [3.63, 3.8) is 0 Å². The number of nitrogens with zero attached hydrogens (tertiary/aromatic N) is 1. The summed E-state index contributed by atoms with van der Waals surface area (Å²) in [5.41, 5.74) is 8.84. The van der Waals surface area contributed by atoms with Gasteiger partial charge in [-0.05, 0) is 37.5 Å². The smallest absolute Gasteiger partial charge is 0.141 e. The fourth-order valence-electron chi connectivity index (χ4n) is 2.27. The van der Waals surface area contributed by atoms with Crippen LogP contribution in [0.2, 0.25) is 0 Å². The van der Waals surface area contributed by atoms with Gasteiger partial charge in [0.25, 0.3) is 0 Å². The van der Waals surface area contributed by atoms with Gasteiger partial charge in [-0.15, -0.1) is 0 Å². The molecule has 1 aliphatic rings. The van der Waals surface area contributed by atoms with E-state index in [2.05, 4.69) is 5.32 Å². The highest BCUT2D eigenvalue weighted by Crippen LogP contribution is 2.36. The lowest BCUT2D eigenvalue weighted by Crippen LogP contribution is -1.96. The van der Waals surface area contributed by atoms with Gasteiger partial charge in [0.15, 0.2) is 0 Å². The molecule has 0 bridgehead atoms. The summed E-state index contributed by atoms with van der Waals surface area (Å²) in [5.74, 6) is 0.708. The highest BCUT2D eigenvalue weighted by molar-refractivity contribution is 7.19. The summed E-state index contributed by atoms with van der Waals surface area (Å²) in [6.07, 6.45) is 3.48. The monoisotopic (exact) mass is 275 g/mol. The number of nitrogens with one attached hydrogen (secondary N) is 1. The number of hydrogen-bond donors (Lipinski definition) is 2. The van der Waals surface area contributed by atoms with Crippen LogP contribution in [-0.2, 0) is 6.42 Å². The first-order valence-corrected chi connectivity index (χ1v) is 7.27. The van der Waals surface area contributed by atoms with Crippen LogP contribution in [-0.4, -0.2) is 18.6 Å². The Hall–Kier alpha value is -1.75. The SMILES string of the molecule is COc1ccc(-c2nc3c(s2)NCCCC3)cc1N. The summed E-state index contributed by atoms with van der Waals surface area (Å²) in [7, 11) is 1.63. The number of nitrogens with two attached hydrogens (primary N) is 1. The first-order chi connectivity index (χ1) is 9.28. The molecule has 1 aromatic heterocycles. The molecule has 2 aromatic rings. The van der Waals surface area contributed by atoms with Crippen molar-refractivity contribution in [2.24, 2.45) is 0 Å². The molecule has 0 radical (unpaired) electrons. The molecular weight excluding hydrogens is 258 g/mol. The molecule has 3 rings (SSSR count). The lowest BCUT2D eigenvalue weighted by Gasteiger charge is -2.05. The van der Waals surface area contributed by atoms with E-state index in [1.807, 2.05) is 18.2 Å². The molecule has 5 heteroatoms. The number of aromatic nitrogens is 1. The first kappa shape index (κ1) is 12.3. The lowest BCUT2D eigenvalue weighted by atomic mass is 10.2. The van der Waals surface area contributed by atoms with E-state index < -0.39 is 0 Å². The molecule has 1 aromatic carbocycles. The second-order valence-electron chi connectivity index (χ2n) is 4.64. The molecule has 0 aliphatic carbocycles. The van der Waals surface area contributed by atoms with Crippen LogP contribution in [0.1, 0.15) is 18.5 Å². The Balaban J connectivity index is 1.96. The summed E-state index contributed by atoms with van der Waals surface area (Å²) in [5, 5.41) is 5.68. The number of ether oxygens (including phenoxy) is 1. The van der Waals surface area contributed by atoms with Crippen LogP contribution in [0.15, 0.2) is 18.2 Å². The molecule has 0 saturated heterocycles. The maximum Gasteiger partial charge on any atom is 0.141 e. The number of nitrogen functional groups attached to an aromatic ring is 1. The van der Waals surface area contributed by atoms with Gasteiger partial charge in [-0.3, -0.25) is 0 Å². The fourth-order valence-corrected chi connectivity index (χ4v) is 3.30. The number of anilines is 2. The Morgan fingerprint density at radius 3 is 3.05 bits per heavy atom. The van der Waals surface area contributed by atoms with E-state index in [1.54, 1.807) is 18.4 Å². The van der Waals surface area contributed by atoms with Gasteiger partial charge < -0.3 is 15.8 Å². The third-order valence-corrected chi connectivity index (χ3v) is 4.40. The zero-order valence-corrected chi connectivity index (χ0v) is 11.7. The highest BCUT2D eigenvalue weighted by atomic mass is 32.1. The normalized spacial score (nSPS) is 14.4. The molecule has 4 nitrogen and oxygen atoms in total. The van der Waals surface area contributed by atoms with E-state index in [4.69, 9.17) is 15.5 Å². The van der Waals surface area contributed by atoms with Gasteiger partial charge >= 0.3 is 0 Å². The van der Waals surface area contributed by atoms with E-state index in [-0.39, 0.29) is 0 Å². The first-order valence-electron chi connectivity index (χ1n) is 6.45. The molecule has 19 heavy (non-hydrogen) atoms. The molecule has 0 fully saturated rings. The number of fused-ring (bicyclic) bond motifs is 1. The fraction of sp³-hybridized carbons (Fsp3) is 0.357. The molecular formula is C14H17N3OS. The van der Waals surface area contributed by atoms with E-state index in [0.29, 0.717) is 11.4 Å². The Bertz CT molecular complexity index is 571. The molecule has 0 saturated carbocycles. The van der Waals surface area contributed by atoms with Gasteiger partial charge in [-0.25, -0.2) is 4.98 Å². The number of thiazole rings is 1. The van der Waals surface area contributed by atoms with E-state index >= 15 is 0 Å². The number of rotatable bonds is 2. The van der Waals surface area contributed by atoms with E-state index in [1.165, 1.54) is 23.5 Å². The standard InChI is InChI=1S/C14H17N3OS/c1-18-12-6-5-9(8-10(12)15)13-17-11-4-2-3-7-16-14(11)19-13/h5-6,8,16H,2-4,7,15H2,1H3. The molecule has 2 heterocycles. The predicted octanol–water partition coefficient (Wildman–Crippen LogP) is 3.15. The molecule has 0 atom stereocenters. The maximum atomic E-state index is 5.95. The summed E-state index contributed by atoms with van der Waals surface area (Å²) in [4.78, 5) is 4.74. The molecule has 3 N–H and O–H groups in total. The van der Waals surface area contributed by atoms with Crippen molar-refractivity contribution < 1.29 is 4.74 Å². The van der Waals surface area contributed by atoms with Crippen LogP contribution < -0.4 is 15.8 Å².